The summed E-state index contributed by atoms with van der Waals surface area (Å²) in [6.45, 7) is 10.6. The fourth-order valence-corrected chi connectivity index (χ4v) is 1.75. The fraction of sp³-hybridized carbons (Fsp3) is 0. The van der Waals surface area contributed by atoms with Crippen LogP contribution < -0.4 is 0 Å². The number of benzene rings is 1. The van der Waals surface area contributed by atoms with Gasteiger partial charge >= 0.3 is 0 Å². The first-order chi connectivity index (χ1) is 7.70. The first-order valence-corrected chi connectivity index (χ1v) is 4.56. The molecule has 0 spiro atoms. The molecule has 0 bridgehead atoms. The van der Waals surface area contributed by atoms with Gasteiger partial charge in [0.15, 0.2) is 5.78 Å². The Morgan fingerprint density at radius 1 is 1.38 bits per heavy atom. The lowest BCUT2D eigenvalue weighted by Gasteiger charge is -1.99. The lowest BCUT2D eigenvalue weighted by Crippen LogP contribution is -1.92. The molecular formula is C13H6N2O. The highest BCUT2D eigenvalue weighted by Gasteiger charge is 2.30. The molecule has 0 atom stereocenters. The van der Waals surface area contributed by atoms with Crippen LogP contribution in [0.2, 0.25) is 0 Å². The average molecular weight is 206 g/mol. The van der Waals surface area contributed by atoms with E-state index in [0.29, 0.717) is 16.7 Å². The first kappa shape index (κ1) is 9.89. The van der Waals surface area contributed by atoms with Crippen molar-refractivity contribution < 1.29 is 4.79 Å². The summed E-state index contributed by atoms with van der Waals surface area (Å²) in [6, 6.07) is 8.71. The van der Waals surface area contributed by atoms with Crippen molar-refractivity contribution in [3.8, 4) is 6.07 Å². The molecule has 0 saturated heterocycles. The average Bonchev–Trinajstić information content (AvgIpc) is 2.57. The molecule has 0 N–H and O–H groups in total. The molecule has 0 unspecified atom stereocenters. The van der Waals surface area contributed by atoms with Crippen molar-refractivity contribution in [3.05, 3.63) is 64.7 Å². The van der Waals surface area contributed by atoms with Crippen LogP contribution >= 0.6 is 0 Å². The summed E-state index contributed by atoms with van der Waals surface area (Å²) in [4.78, 5) is 14.9. The van der Waals surface area contributed by atoms with E-state index in [1.165, 1.54) is 0 Å². The molecule has 1 aliphatic carbocycles. The van der Waals surface area contributed by atoms with Gasteiger partial charge in [0.2, 0.25) is 0 Å². The second-order valence-electron chi connectivity index (χ2n) is 3.30. The Bertz CT molecular complexity index is 608. The summed E-state index contributed by atoms with van der Waals surface area (Å²) in [5.41, 5.74) is 1.67. The van der Waals surface area contributed by atoms with E-state index < -0.39 is 0 Å². The van der Waals surface area contributed by atoms with Gasteiger partial charge in [-0.15, -0.1) is 0 Å². The van der Waals surface area contributed by atoms with Crippen LogP contribution in [0.5, 0.6) is 0 Å². The van der Waals surface area contributed by atoms with Crippen molar-refractivity contribution in [2.24, 2.45) is 0 Å². The highest BCUT2D eigenvalue weighted by molar-refractivity contribution is 6.27. The molecule has 3 heteroatoms. The molecule has 0 fully saturated rings. The summed E-state index contributed by atoms with van der Waals surface area (Å²) in [7, 11) is 0. The number of carbonyl (C=O) groups excluding carboxylic acids is 1. The zero-order valence-corrected chi connectivity index (χ0v) is 8.32. The Morgan fingerprint density at radius 2 is 2.00 bits per heavy atom. The summed E-state index contributed by atoms with van der Waals surface area (Å²) >= 11 is 0. The number of hydrogen-bond donors (Lipinski definition) is 0. The van der Waals surface area contributed by atoms with Crippen molar-refractivity contribution >= 4 is 11.4 Å². The summed E-state index contributed by atoms with van der Waals surface area (Å²) in [5, 5.41) is 8.84. The van der Waals surface area contributed by atoms with Crippen molar-refractivity contribution in [3.63, 3.8) is 0 Å². The van der Waals surface area contributed by atoms with Crippen LogP contribution in [0, 0.1) is 17.9 Å². The van der Waals surface area contributed by atoms with Gasteiger partial charge in [-0.05, 0) is 5.56 Å². The normalized spacial score (nSPS) is 16.4. The van der Waals surface area contributed by atoms with E-state index in [1.54, 1.807) is 30.3 Å². The van der Waals surface area contributed by atoms with Crippen LogP contribution in [0.1, 0.15) is 15.9 Å². The van der Waals surface area contributed by atoms with Crippen molar-refractivity contribution in [2.75, 3.05) is 0 Å². The van der Waals surface area contributed by atoms with Gasteiger partial charge in [0.05, 0.1) is 12.6 Å². The number of rotatable bonds is 0. The van der Waals surface area contributed by atoms with Crippen molar-refractivity contribution in [2.45, 2.75) is 0 Å². The standard InChI is InChI=1S/C13H6N2O/c1-8-12(11(7-14)15-2)9-5-3-4-6-10(9)13(8)16/h3-6H,1H2. The molecule has 0 saturated carbocycles. The molecule has 1 aromatic rings. The Morgan fingerprint density at radius 3 is 2.56 bits per heavy atom. The number of nitrogens with zero attached hydrogens (tertiary/aromatic N) is 2. The minimum atomic E-state index is -0.206. The first-order valence-electron chi connectivity index (χ1n) is 4.56. The van der Waals surface area contributed by atoms with Crippen LogP contribution in [-0.4, -0.2) is 5.78 Å². The van der Waals surface area contributed by atoms with Gasteiger partial charge < -0.3 is 0 Å². The van der Waals surface area contributed by atoms with E-state index in [2.05, 4.69) is 11.4 Å². The maximum Gasteiger partial charge on any atom is 0.270 e. The minimum absolute atomic E-state index is 0.0803. The smallest absolute Gasteiger partial charge is 0.270 e. The number of hydrogen-bond acceptors (Lipinski definition) is 2. The highest BCUT2D eigenvalue weighted by Crippen LogP contribution is 2.37. The van der Waals surface area contributed by atoms with Crippen molar-refractivity contribution in [1.82, 2.24) is 0 Å². The van der Waals surface area contributed by atoms with Gasteiger partial charge in [-0.25, -0.2) is 10.1 Å². The van der Waals surface area contributed by atoms with Crippen LogP contribution in [0.25, 0.3) is 10.4 Å². The van der Waals surface area contributed by atoms with Crippen molar-refractivity contribution in [1.29, 1.82) is 5.26 Å². The molecule has 1 aliphatic rings. The number of fused-ring (bicyclic) bond motifs is 1. The molecule has 0 aromatic heterocycles. The zero-order chi connectivity index (χ0) is 11.7. The van der Waals surface area contributed by atoms with Crippen LogP contribution in [0.15, 0.2) is 42.1 Å². The Hall–Kier alpha value is -2.65. The molecule has 0 amide bonds. The third-order valence-corrected chi connectivity index (χ3v) is 2.47. The van der Waals surface area contributed by atoms with E-state index in [0.717, 1.165) is 0 Å². The second-order valence-corrected chi connectivity index (χ2v) is 3.30. The van der Waals surface area contributed by atoms with Gasteiger partial charge in [-0.2, -0.15) is 0 Å². The largest absolute Gasteiger partial charge is 0.289 e. The highest BCUT2D eigenvalue weighted by atomic mass is 16.1. The van der Waals surface area contributed by atoms with Gasteiger partial charge in [-0.1, -0.05) is 30.8 Å². The van der Waals surface area contributed by atoms with E-state index in [9.17, 15) is 4.79 Å². The van der Waals surface area contributed by atoms with Crippen LogP contribution in [0.4, 0.5) is 0 Å². The molecule has 74 valence electrons. The predicted molar refractivity (Wildman–Crippen MR) is 59.0 cm³/mol. The Kier molecular flexibility index (Phi) is 2.16. The minimum Gasteiger partial charge on any atom is -0.289 e. The molecular weight excluding hydrogens is 200 g/mol. The molecule has 2 rings (SSSR count). The topological polar surface area (TPSA) is 45.2 Å². The maximum absolute atomic E-state index is 11.8. The summed E-state index contributed by atoms with van der Waals surface area (Å²) in [5.74, 6) is -0.206. The quantitative estimate of drug-likeness (QED) is 0.372. The molecule has 16 heavy (non-hydrogen) atoms. The molecule has 1 aromatic carbocycles. The number of Topliss-reactive ketones (excluding diaryl/α,β-unsaturated/α-hetero) is 1. The number of carbonyl (C=O) groups is 1. The van der Waals surface area contributed by atoms with Gasteiger partial charge in [-0.3, -0.25) is 4.79 Å². The van der Waals surface area contributed by atoms with E-state index in [4.69, 9.17) is 11.8 Å². The van der Waals surface area contributed by atoms with Gasteiger partial charge in [0.25, 0.3) is 5.70 Å². The van der Waals surface area contributed by atoms with E-state index >= 15 is 0 Å². The second kappa shape index (κ2) is 3.49. The SMILES string of the molecule is [C-]#[N+]C(C#N)=C1C(=C)C(=O)c2ccccc21. The van der Waals surface area contributed by atoms with Gasteiger partial charge in [0, 0.05) is 16.7 Å². The number of nitriles is 1. The number of allylic oxidation sites excluding steroid dienone is 3. The van der Waals surface area contributed by atoms with E-state index in [1.807, 2.05) is 0 Å². The third-order valence-electron chi connectivity index (χ3n) is 2.47. The third kappa shape index (κ3) is 1.16. The number of ketones is 1. The lowest BCUT2D eigenvalue weighted by molar-refractivity contribution is 0.104. The fourth-order valence-electron chi connectivity index (χ4n) is 1.75. The summed E-state index contributed by atoms with van der Waals surface area (Å²) < 4.78 is 0. The summed E-state index contributed by atoms with van der Waals surface area (Å²) in [6.07, 6.45) is 0. The Balaban J connectivity index is 2.84. The zero-order valence-electron chi connectivity index (χ0n) is 8.32. The lowest BCUT2D eigenvalue weighted by atomic mass is 10.0. The Labute approximate surface area is 92.8 Å². The van der Waals surface area contributed by atoms with Gasteiger partial charge in [0.1, 0.15) is 0 Å². The monoisotopic (exact) mass is 206 g/mol. The molecule has 0 heterocycles. The van der Waals surface area contributed by atoms with Crippen LogP contribution in [0.3, 0.4) is 0 Å². The molecule has 3 nitrogen and oxygen atoms in total. The van der Waals surface area contributed by atoms with Crippen LogP contribution in [-0.2, 0) is 0 Å². The maximum atomic E-state index is 11.8. The predicted octanol–water partition coefficient (Wildman–Crippen LogP) is 2.59. The molecule has 0 radical (unpaired) electrons. The molecule has 0 aliphatic heterocycles. The van der Waals surface area contributed by atoms with E-state index in [-0.39, 0.29) is 17.1 Å².